The fourth-order valence-electron chi connectivity index (χ4n) is 2.78. The molecule has 1 aromatic carbocycles. The predicted molar refractivity (Wildman–Crippen MR) is 103 cm³/mol. The lowest BCUT2D eigenvalue weighted by Crippen LogP contribution is -2.37. The first-order chi connectivity index (χ1) is 14.9. The van der Waals surface area contributed by atoms with E-state index in [0.29, 0.717) is 22.7 Å². The van der Waals surface area contributed by atoms with Crippen molar-refractivity contribution in [2.75, 3.05) is 12.4 Å². The van der Waals surface area contributed by atoms with E-state index in [2.05, 4.69) is 30.2 Å². The lowest BCUT2D eigenvalue weighted by molar-refractivity contribution is -0.142. The number of amides is 2. The first-order valence-electron chi connectivity index (χ1n) is 8.99. The summed E-state index contributed by atoms with van der Waals surface area (Å²) in [4.78, 5) is 29.5. The molecule has 10 nitrogen and oxygen atoms in total. The molecule has 0 atom stereocenters. The van der Waals surface area contributed by atoms with E-state index in [9.17, 15) is 18.4 Å². The van der Waals surface area contributed by atoms with Gasteiger partial charge in [-0.2, -0.15) is 13.8 Å². The van der Waals surface area contributed by atoms with Gasteiger partial charge in [0.05, 0.1) is 6.54 Å². The van der Waals surface area contributed by atoms with Crippen molar-refractivity contribution in [1.82, 2.24) is 29.6 Å². The Bertz CT molecular complexity index is 1240. The average molecular weight is 427 g/mol. The minimum absolute atomic E-state index is 0.00970. The van der Waals surface area contributed by atoms with Gasteiger partial charge in [-0.3, -0.25) is 14.0 Å². The molecule has 4 rings (SSSR count). The first kappa shape index (κ1) is 20.1. The number of likely N-dealkylation sites (N-methyl/N-ethyl adjacent to an activating group) is 1. The number of benzene rings is 1. The number of nitrogens with one attached hydrogen (secondary N) is 1. The second kappa shape index (κ2) is 8.26. The van der Waals surface area contributed by atoms with Crippen LogP contribution in [0.4, 0.5) is 14.5 Å². The number of rotatable bonds is 5. The number of carbonyl (C=O) groups is 2. The molecule has 0 saturated carbocycles. The summed E-state index contributed by atoms with van der Waals surface area (Å²) in [6.07, 6.45) is -1.10. The molecule has 2 amide bonds. The number of nitrogens with zero attached hydrogens (tertiary/aromatic N) is 6. The van der Waals surface area contributed by atoms with Gasteiger partial charge in [0.2, 0.25) is 5.82 Å². The van der Waals surface area contributed by atoms with Crippen molar-refractivity contribution in [3.05, 3.63) is 60.4 Å². The molecule has 0 spiro atoms. The van der Waals surface area contributed by atoms with Crippen molar-refractivity contribution in [3.63, 3.8) is 0 Å². The second-order valence-corrected chi connectivity index (χ2v) is 6.49. The van der Waals surface area contributed by atoms with Gasteiger partial charge in [0, 0.05) is 24.5 Å². The van der Waals surface area contributed by atoms with Gasteiger partial charge >= 0.3 is 18.2 Å². The van der Waals surface area contributed by atoms with Crippen LogP contribution in [0.15, 0.2) is 53.2 Å². The van der Waals surface area contributed by atoms with Crippen LogP contribution in [0.25, 0.3) is 17.0 Å². The van der Waals surface area contributed by atoms with Crippen LogP contribution in [-0.2, 0) is 16.1 Å². The van der Waals surface area contributed by atoms with Gasteiger partial charge < -0.3 is 14.7 Å². The number of fused-ring (bicyclic) bond motifs is 1. The molecule has 0 aliphatic heterocycles. The second-order valence-electron chi connectivity index (χ2n) is 6.49. The van der Waals surface area contributed by atoms with Crippen LogP contribution in [0.3, 0.4) is 0 Å². The van der Waals surface area contributed by atoms with E-state index in [1.165, 1.54) is 36.2 Å². The summed E-state index contributed by atoms with van der Waals surface area (Å²) in [5.41, 5.74) is 1.38. The molecule has 4 aromatic rings. The van der Waals surface area contributed by atoms with Gasteiger partial charge in [-0.1, -0.05) is 11.2 Å². The number of pyridine rings is 1. The highest BCUT2D eigenvalue weighted by Crippen LogP contribution is 2.22. The average Bonchev–Trinajstić information content (AvgIpc) is 3.42. The molecule has 0 saturated heterocycles. The molecule has 12 heteroatoms. The smallest absolute Gasteiger partial charge is 0.315 e. The molecule has 3 aromatic heterocycles. The zero-order valence-corrected chi connectivity index (χ0v) is 16.1. The summed E-state index contributed by atoms with van der Waals surface area (Å²) >= 11 is 0. The highest BCUT2D eigenvalue weighted by Gasteiger charge is 2.21. The summed E-state index contributed by atoms with van der Waals surface area (Å²) in [6, 6.07) is 11.4. The van der Waals surface area contributed by atoms with Crippen molar-refractivity contribution in [2.24, 2.45) is 0 Å². The number of anilines is 1. The molecule has 158 valence electrons. The van der Waals surface area contributed by atoms with Gasteiger partial charge in [0.25, 0.3) is 5.89 Å². The van der Waals surface area contributed by atoms with Crippen LogP contribution in [0, 0.1) is 0 Å². The van der Waals surface area contributed by atoms with Crippen LogP contribution in [0.1, 0.15) is 18.1 Å². The largest absolute Gasteiger partial charge is 0.333 e. The molecule has 0 radical (unpaired) electrons. The maximum Gasteiger partial charge on any atom is 0.315 e. The Balaban J connectivity index is 1.39. The van der Waals surface area contributed by atoms with Crippen LogP contribution < -0.4 is 5.32 Å². The molecule has 0 aliphatic rings. The minimum Gasteiger partial charge on any atom is -0.333 e. The van der Waals surface area contributed by atoms with E-state index < -0.39 is 24.1 Å². The molecule has 1 N–H and O–H groups in total. The molecule has 0 unspecified atom stereocenters. The van der Waals surface area contributed by atoms with Gasteiger partial charge in [-0.25, -0.2) is 0 Å². The molecule has 31 heavy (non-hydrogen) atoms. The standard InChI is InChI=1S/C19H15F2N7O3/c1-27(10-14-25-24-13-4-2-3-9-28(13)14)19(30)17(29)22-12-7-5-11(6-8-12)16-23-18(15(20)21)31-26-16/h2-9,15H,10H2,1H3,(H,22,29). The van der Waals surface area contributed by atoms with Gasteiger partial charge in [0.15, 0.2) is 11.5 Å². The van der Waals surface area contributed by atoms with Gasteiger partial charge in [-0.05, 0) is 36.4 Å². The van der Waals surface area contributed by atoms with Crippen LogP contribution >= 0.6 is 0 Å². The fraction of sp³-hybridized carbons (Fsp3) is 0.158. The maximum absolute atomic E-state index is 12.6. The Labute approximate surface area is 173 Å². The lowest BCUT2D eigenvalue weighted by Gasteiger charge is -2.15. The summed E-state index contributed by atoms with van der Waals surface area (Å²) in [5.74, 6) is -1.89. The Morgan fingerprint density at radius 3 is 2.65 bits per heavy atom. The molecular weight excluding hydrogens is 412 g/mol. The number of hydrogen-bond donors (Lipinski definition) is 1. The number of hydrogen-bond acceptors (Lipinski definition) is 7. The fourth-order valence-corrected chi connectivity index (χ4v) is 2.78. The third-order valence-corrected chi connectivity index (χ3v) is 4.33. The van der Waals surface area contributed by atoms with Gasteiger partial charge in [-0.15, -0.1) is 10.2 Å². The Hall–Kier alpha value is -4.22. The third kappa shape index (κ3) is 4.22. The summed E-state index contributed by atoms with van der Waals surface area (Å²) in [5, 5.41) is 14.0. The topological polar surface area (TPSA) is 119 Å². The predicted octanol–water partition coefficient (Wildman–Crippen LogP) is 2.31. The van der Waals surface area contributed by atoms with Gasteiger partial charge in [0.1, 0.15) is 0 Å². The van der Waals surface area contributed by atoms with E-state index in [-0.39, 0.29) is 12.4 Å². The Morgan fingerprint density at radius 1 is 1.16 bits per heavy atom. The quantitative estimate of drug-likeness (QED) is 0.486. The number of aromatic nitrogens is 5. The zero-order chi connectivity index (χ0) is 22.0. The highest BCUT2D eigenvalue weighted by atomic mass is 19.3. The SMILES string of the molecule is CN(Cc1nnc2ccccn12)C(=O)C(=O)Nc1ccc(-c2noc(C(F)F)n2)cc1. The number of carbonyl (C=O) groups excluding carboxylic acids is 2. The molecule has 0 aliphatic carbocycles. The van der Waals surface area contributed by atoms with E-state index in [4.69, 9.17) is 0 Å². The molecular formula is C19H15F2N7O3. The van der Waals surface area contributed by atoms with E-state index in [1.807, 2.05) is 6.07 Å². The number of halogens is 2. The maximum atomic E-state index is 12.6. The highest BCUT2D eigenvalue weighted by molar-refractivity contribution is 6.39. The normalized spacial score (nSPS) is 11.1. The molecule has 0 bridgehead atoms. The van der Waals surface area contributed by atoms with Crippen LogP contribution in [-0.4, -0.2) is 48.5 Å². The monoisotopic (exact) mass is 427 g/mol. The molecule has 3 heterocycles. The third-order valence-electron chi connectivity index (χ3n) is 4.33. The van der Waals surface area contributed by atoms with Crippen molar-refractivity contribution >= 4 is 23.1 Å². The zero-order valence-electron chi connectivity index (χ0n) is 16.1. The Kier molecular flexibility index (Phi) is 5.35. The first-order valence-corrected chi connectivity index (χ1v) is 8.99. The van der Waals surface area contributed by atoms with E-state index in [0.717, 1.165) is 0 Å². The minimum atomic E-state index is -2.86. The van der Waals surface area contributed by atoms with Crippen molar-refractivity contribution in [1.29, 1.82) is 0 Å². The van der Waals surface area contributed by atoms with Crippen molar-refractivity contribution in [2.45, 2.75) is 13.0 Å². The van der Waals surface area contributed by atoms with Crippen molar-refractivity contribution in [3.8, 4) is 11.4 Å². The van der Waals surface area contributed by atoms with Crippen LogP contribution in [0.2, 0.25) is 0 Å². The Morgan fingerprint density at radius 2 is 1.94 bits per heavy atom. The molecule has 0 fully saturated rings. The van der Waals surface area contributed by atoms with E-state index >= 15 is 0 Å². The summed E-state index contributed by atoms with van der Waals surface area (Å²) in [7, 11) is 1.48. The van der Waals surface area contributed by atoms with E-state index in [1.54, 1.807) is 22.7 Å². The van der Waals surface area contributed by atoms with Crippen molar-refractivity contribution < 1.29 is 22.9 Å². The lowest BCUT2D eigenvalue weighted by atomic mass is 10.2. The summed E-state index contributed by atoms with van der Waals surface area (Å²) < 4.78 is 31.3. The number of alkyl halides is 2. The summed E-state index contributed by atoms with van der Waals surface area (Å²) in [6.45, 7) is 0.0840. The van der Waals surface area contributed by atoms with Crippen LogP contribution in [0.5, 0.6) is 0 Å².